The van der Waals surface area contributed by atoms with Crippen LogP contribution in [-0.4, -0.2) is 63.0 Å². The molecule has 0 aromatic carbocycles. The molecule has 0 unspecified atom stereocenters. The maximum atomic E-state index is 15.8. The second-order valence-electron chi connectivity index (χ2n) is 8.51. The molecule has 35 heavy (non-hydrogen) atoms. The number of nitrogens with one attached hydrogen (secondary N) is 1. The largest absolute Gasteiger partial charge is 0.478 e. The number of nitrogens with two attached hydrogens (primary N) is 1. The lowest BCUT2D eigenvalue weighted by Gasteiger charge is -2.39. The molecule has 9 nitrogen and oxygen atoms in total. The Labute approximate surface area is 206 Å². The van der Waals surface area contributed by atoms with Gasteiger partial charge in [-0.2, -0.15) is 4.39 Å². The number of amides is 1. The molecule has 1 amide bonds. The Morgan fingerprint density at radius 2 is 2.11 bits per heavy atom. The van der Waals surface area contributed by atoms with Crippen LogP contribution in [0, 0.1) is 11.8 Å². The fourth-order valence-electron chi connectivity index (χ4n) is 3.95. The third-order valence-corrected chi connectivity index (χ3v) is 5.64. The van der Waals surface area contributed by atoms with Gasteiger partial charge in [-0.15, -0.1) is 0 Å². The van der Waals surface area contributed by atoms with Gasteiger partial charge in [-0.25, -0.2) is 24.3 Å². The molecule has 0 saturated carbocycles. The molecule has 1 atom stereocenters. The molecule has 1 fully saturated rings. The van der Waals surface area contributed by atoms with Crippen LogP contribution >= 0.6 is 0 Å². The summed E-state index contributed by atoms with van der Waals surface area (Å²) in [6.07, 6.45) is 3.53. The first kappa shape index (κ1) is 20.6. The second kappa shape index (κ2) is 9.87. The van der Waals surface area contributed by atoms with E-state index < -0.39 is 41.7 Å². The van der Waals surface area contributed by atoms with Crippen LogP contribution in [0.3, 0.4) is 0 Å². The van der Waals surface area contributed by atoms with Gasteiger partial charge >= 0.3 is 0 Å². The van der Waals surface area contributed by atoms with E-state index in [1.807, 2.05) is 6.92 Å². The third kappa shape index (κ3) is 5.35. The Morgan fingerprint density at radius 1 is 1.29 bits per heavy atom. The minimum Gasteiger partial charge on any atom is -0.478 e. The van der Waals surface area contributed by atoms with E-state index in [4.69, 9.17) is 14.6 Å². The van der Waals surface area contributed by atoms with E-state index in [1.54, 1.807) is 19.1 Å². The van der Waals surface area contributed by atoms with E-state index in [0.717, 1.165) is 6.20 Å². The third-order valence-electron chi connectivity index (χ3n) is 5.64. The molecule has 11 heteroatoms. The van der Waals surface area contributed by atoms with Crippen molar-refractivity contribution < 1.29 is 22.4 Å². The van der Waals surface area contributed by atoms with Gasteiger partial charge in [0.25, 0.3) is 11.9 Å². The lowest BCUT2D eigenvalue weighted by molar-refractivity contribution is 0.0834. The molecular weight excluding hydrogens is 456 g/mol. The smallest absolute Gasteiger partial charge is 0.256 e. The number of hydrogen-bond donors (Lipinski definition) is 2. The zero-order valence-electron chi connectivity index (χ0n) is 22.3. The van der Waals surface area contributed by atoms with Gasteiger partial charge in [0.05, 0.1) is 29.6 Å². The number of piperidine rings is 1. The fraction of sp³-hybridized carbons (Fsp3) is 0.375. The summed E-state index contributed by atoms with van der Waals surface area (Å²) in [5.41, 5.74) is 4.02. The minimum absolute atomic E-state index is 0.0547. The maximum absolute atomic E-state index is 15.8. The van der Waals surface area contributed by atoms with Gasteiger partial charge in [-0.05, 0) is 52.3 Å². The SMILES string of the molecule is [2H]C([2H])([2H])N1CCC[C@](C)(NC(=O)c2cc(-c3ccc(OCC)nc3)nc(-c3cnc(N)c(F)n3)c2F)C1. The molecule has 0 bridgehead atoms. The highest BCUT2D eigenvalue weighted by Crippen LogP contribution is 2.29. The Balaban J connectivity index is 1.76. The van der Waals surface area contributed by atoms with E-state index in [-0.39, 0.29) is 23.5 Å². The number of ether oxygens (including phenoxy) is 1. The molecule has 3 aromatic heterocycles. The Bertz CT molecular complexity index is 1340. The van der Waals surface area contributed by atoms with Gasteiger partial charge in [0.1, 0.15) is 11.4 Å². The summed E-state index contributed by atoms with van der Waals surface area (Å²) < 4.78 is 58.3. The van der Waals surface area contributed by atoms with Gasteiger partial charge in [0, 0.05) is 28.5 Å². The first-order chi connectivity index (χ1) is 17.9. The predicted molar refractivity (Wildman–Crippen MR) is 127 cm³/mol. The molecule has 0 aliphatic carbocycles. The van der Waals surface area contributed by atoms with Crippen LogP contribution in [0.5, 0.6) is 5.88 Å². The number of rotatable bonds is 6. The van der Waals surface area contributed by atoms with E-state index in [0.29, 0.717) is 37.4 Å². The average Bonchev–Trinajstić information content (AvgIpc) is 2.86. The van der Waals surface area contributed by atoms with Crippen LogP contribution in [0.25, 0.3) is 22.6 Å². The summed E-state index contributed by atoms with van der Waals surface area (Å²) in [6.45, 7) is 2.01. The molecule has 3 N–H and O–H groups in total. The van der Waals surface area contributed by atoms with Crippen molar-refractivity contribution in [3.05, 3.63) is 47.9 Å². The molecule has 0 spiro atoms. The molecular formula is C24H27F2N7O2. The van der Waals surface area contributed by atoms with Crippen LogP contribution in [-0.2, 0) is 0 Å². The highest BCUT2D eigenvalue weighted by Gasteiger charge is 2.33. The van der Waals surface area contributed by atoms with Crippen molar-refractivity contribution in [2.75, 3.05) is 32.4 Å². The lowest BCUT2D eigenvalue weighted by Crippen LogP contribution is -2.56. The van der Waals surface area contributed by atoms with Crippen LogP contribution < -0.4 is 15.8 Å². The number of likely N-dealkylation sites (N-methyl/N-ethyl adjacent to an activating group) is 1. The minimum atomic E-state index is -2.33. The van der Waals surface area contributed by atoms with Gasteiger partial charge in [-0.3, -0.25) is 4.79 Å². The number of anilines is 1. The first-order valence-corrected chi connectivity index (χ1v) is 11.1. The molecule has 1 aliphatic heterocycles. The number of hydrogen-bond acceptors (Lipinski definition) is 8. The number of carbonyl (C=O) groups excluding carboxylic acids is 1. The molecule has 4 rings (SSSR count). The Morgan fingerprint density at radius 3 is 2.80 bits per heavy atom. The number of nitrogens with zero attached hydrogens (tertiary/aromatic N) is 5. The normalized spacial score (nSPS) is 19.9. The molecule has 1 aliphatic rings. The van der Waals surface area contributed by atoms with Gasteiger partial charge in [0.2, 0.25) is 5.88 Å². The lowest BCUT2D eigenvalue weighted by atomic mass is 9.91. The average molecular weight is 487 g/mol. The molecule has 184 valence electrons. The van der Waals surface area contributed by atoms with Crippen molar-refractivity contribution in [3.8, 4) is 28.5 Å². The standard InChI is InChI=1S/C24H27F2N7O2/c1-4-35-18-7-6-14(11-28-18)16-10-15(23(34)32-24(2)8-5-9-33(3)13-24)19(25)20(30-16)17-12-29-22(27)21(26)31-17/h6-7,10-12H,4-5,8-9,13H2,1-3H3,(H2,27,29)(H,32,34)/t24-/m0/s1/i3D3. The van der Waals surface area contributed by atoms with E-state index in [1.165, 1.54) is 17.2 Å². The number of carbonyl (C=O) groups is 1. The second-order valence-corrected chi connectivity index (χ2v) is 8.51. The van der Waals surface area contributed by atoms with E-state index in [2.05, 4.69) is 25.3 Å². The Kier molecular flexibility index (Phi) is 5.81. The summed E-state index contributed by atoms with van der Waals surface area (Å²) >= 11 is 0. The summed E-state index contributed by atoms with van der Waals surface area (Å²) in [5.74, 6) is -3.04. The van der Waals surface area contributed by atoms with Crippen molar-refractivity contribution in [2.24, 2.45) is 0 Å². The molecule has 0 radical (unpaired) electrons. The summed E-state index contributed by atoms with van der Waals surface area (Å²) in [6, 6.07) is 4.48. The van der Waals surface area contributed by atoms with Crippen molar-refractivity contribution in [1.29, 1.82) is 0 Å². The highest BCUT2D eigenvalue weighted by molar-refractivity contribution is 5.97. The van der Waals surface area contributed by atoms with E-state index >= 15 is 4.39 Å². The molecule has 1 saturated heterocycles. The van der Waals surface area contributed by atoms with Gasteiger partial charge < -0.3 is 20.7 Å². The number of halogens is 2. The van der Waals surface area contributed by atoms with Crippen LogP contribution in [0.2, 0.25) is 0 Å². The number of pyridine rings is 2. The topological polar surface area (TPSA) is 119 Å². The number of nitrogen functional groups attached to an aromatic ring is 1. The van der Waals surface area contributed by atoms with Gasteiger partial charge in [-0.1, -0.05) is 0 Å². The van der Waals surface area contributed by atoms with E-state index in [9.17, 15) is 9.18 Å². The monoisotopic (exact) mass is 486 g/mol. The fourth-order valence-corrected chi connectivity index (χ4v) is 3.95. The first-order valence-electron chi connectivity index (χ1n) is 12.6. The van der Waals surface area contributed by atoms with Crippen LogP contribution in [0.15, 0.2) is 30.6 Å². The quantitative estimate of drug-likeness (QED) is 0.546. The summed E-state index contributed by atoms with van der Waals surface area (Å²) in [5, 5.41) is 2.79. The number of likely N-dealkylation sites (tertiary alicyclic amines) is 1. The number of aromatic nitrogens is 4. The van der Waals surface area contributed by atoms with Crippen LogP contribution in [0.1, 0.15) is 41.2 Å². The zero-order chi connectivity index (χ0) is 27.7. The van der Waals surface area contributed by atoms with Crippen molar-refractivity contribution in [1.82, 2.24) is 30.2 Å². The van der Waals surface area contributed by atoms with Crippen molar-refractivity contribution in [3.63, 3.8) is 0 Å². The highest BCUT2D eigenvalue weighted by atomic mass is 19.1. The van der Waals surface area contributed by atoms with Crippen molar-refractivity contribution in [2.45, 2.75) is 32.2 Å². The molecule has 4 heterocycles. The van der Waals surface area contributed by atoms with Crippen molar-refractivity contribution >= 4 is 11.7 Å². The summed E-state index contributed by atoms with van der Waals surface area (Å²) in [7, 11) is 0. The summed E-state index contributed by atoms with van der Waals surface area (Å²) in [4.78, 5) is 30.5. The maximum Gasteiger partial charge on any atom is 0.256 e. The van der Waals surface area contributed by atoms with Crippen LogP contribution in [0.4, 0.5) is 14.6 Å². The molecule has 3 aromatic rings. The Hall–Kier alpha value is -3.73. The zero-order valence-corrected chi connectivity index (χ0v) is 19.3. The van der Waals surface area contributed by atoms with Gasteiger partial charge in [0.15, 0.2) is 11.6 Å². The predicted octanol–water partition coefficient (Wildman–Crippen LogP) is 3.07.